The fraction of sp³-hybridized carbons (Fsp3) is 0.583. The molecule has 2 N–H and O–H groups in total. The van der Waals surface area contributed by atoms with E-state index >= 15 is 0 Å². The van der Waals surface area contributed by atoms with Crippen molar-refractivity contribution in [1.82, 2.24) is 10.2 Å². The Morgan fingerprint density at radius 1 is 0.791 bits per heavy atom. The number of anilines is 1. The zero-order chi connectivity index (χ0) is 32.6. The van der Waals surface area contributed by atoms with Gasteiger partial charge in [0.25, 0.3) is 5.91 Å². The summed E-state index contributed by atoms with van der Waals surface area (Å²) in [6.07, 6.45) is 1.35. The second-order valence-electron chi connectivity index (χ2n) is 13.9. The number of rotatable bonds is 12. The maximum Gasteiger partial charge on any atom is 0.408 e. The monoisotopic (exact) mass is 593 g/mol. The standard InChI is InChI=1S/C36H55N3O4/c1-22(2)19-20-28(9)39(34(41)29(21-23(3)4)37-35(42)43-36(10,11)12)32(30-24(5)15-13-16-25(30)6)33(40)38-31-26(7)17-14-18-27(31)8/h13-18,22-23,28-29,32H,19-21H2,1-12H3,(H,37,42)(H,38,40). The third kappa shape index (κ3) is 10.4. The predicted octanol–water partition coefficient (Wildman–Crippen LogP) is 8.19. The average Bonchev–Trinajstić information content (AvgIpc) is 2.86. The van der Waals surface area contributed by atoms with Crippen molar-refractivity contribution >= 4 is 23.6 Å². The van der Waals surface area contributed by atoms with Crippen LogP contribution in [-0.4, -0.2) is 40.5 Å². The van der Waals surface area contributed by atoms with Crippen molar-refractivity contribution in [2.24, 2.45) is 11.8 Å². The lowest BCUT2D eigenvalue weighted by Gasteiger charge is -2.40. The van der Waals surface area contributed by atoms with Crippen molar-refractivity contribution in [2.75, 3.05) is 5.32 Å². The van der Waals surface area contributed by atoms with E-state index in [1.54, 1.807) is 25.7 Å². The number of hydrogen-bond acceptors (Lipinski definition) is 4. The quantitative estimate of drug-likeness (QED) is 0.260. The van der Waals surface area contributed by atoms with Crippen LogP contribution in [0.5, 0.6) is 0 Å². The molecule has 0 radical (unpaired) electrons. The summed E-state index contributed by atoms with van der Waals surface area (Å²) in [5.41, 5.74) is 4.58. The number of nitrogens with zero attached hydrogens (tertiary/aromatic N) is 1. The molecule has 0 heterocycles. The van der Waals surface area contributed by atoms with Gasteiger partial charge in [0.05, 0.1) is 0 Å². The molecule has 43 heavy (non-hydrogen) atoms. The summed E-state index contributed by atoms with van der Waals surface area (Å²) >= 11 is 0. The Balaban J connectivity index is 2.75. The van der Waals surface area contributed by atoms with Gasteiger partial charge in [-0.25, -0.2) is 4.79 Å². The fourth-order valence-electron chi connectivity index (χ4n) is 5.49. The number of ether oxygens (including phenoxy) is 1. The minimum Gasteiger partial charge on any atom is -0.444 e. The Kier molecular flexibility index (Phi) is 12.8. The van der Waals surface area contributed by atoms with Crippen LogP contribution in [0, 0.1) is 39.5 Å². The summed E-state index contributed by atoms with van der Waals surface area (Å²) < 4.78 is 5.56. The number of carbonyl (C=O) groups excluding carboxylic acids is 3. The van der Waals surface area contributed by atoms with Gasteiger partial charge in [-0.05, 0) is 114 Å². The summed E-state index contributed by atoms with van der Waals surface area (Å²) in [7, 11) is 0. The van der Waals surface area contributed by atoms with Crippen LogP contribution in [0.15, 0.2) is 36.4 Å². The lowest BCUT2D eigenvalue weighted by atomic mass is 9.90. The van der Waals surface area contributed by atoms with Gasteiger partial charge in [-0.3, -0.25) is 9.59 Å². The van der Waals surface area contributed by atoms with Crippen molar-refractivity contribution in [3.05, 3.63) is 64.2 Å². The van der Waals surface area contributed by atoms with E-state index in [0.29, 0.717) is 18.8 Å². The van der Waals surface area contributed by atoms with Crippen LogP contribution in [0.25, 0.3) is 0 Å². The van der Waals surface area contributed by atoms with Crippen LogP contribution in [-0.2, 0) is 14.3 Å². The lowest BCUT2D eigenvalue weighted by Crippen LogP contribution is -2.55. The number of aryl methyl sites for hydroxylation is 4. The van der Waals surface area contributed by atoms with E-state index < -0.39 is 23.8 Å². The molecular formula is C36H55N3O4. The molecule has 238 valence electrons. The Morgan fingerprint density at radius 3 is 1.77 bits per heavy atom. The third-order valence-electron chi connectivity index (χ3n) is 7.66. The molecule has 7 nitrogen and oxygen atoms in total. The van der Waals surface area contributed by atoms with E-state index in [2.05, 4.69) is 24.5 Å². The molecule has 2 rings (SSSR count). The van der Waals surface area contributed by atoms with E-state index in [4.69, 9.17) is 4.74 Å². The number of benzene rings is 2. The maximum absolute atomic E-state index is 14.8. The second kappa shape index (κ2) is 15.4. The highest BCUT2D eigenvalue weighted by Gasteiger charge is 2.40. The molecule has 2 aromatic carbocycles. The SMILES string of the molecule is Cc1cccc(C)c1NC(=O)C(c1c(C)cccc1C)N(C(=O)C(CC(C)C)NC(=O)OC(C)(C)C)C(C)CCC(C)C. The molecule has 0 saturated heterocycles. The number of amides is 3. The van der Waals surface area contributed by atoms with Crippen LogP contribution in [0.2, 0.25) is 0 Å². The van der Waals surface area contributed by atoms with Gasteiger partial charge in [-0.15, -0.1) is 0 Å². The first-order valence-corrected chi connectivity index (χ1v) is 15.7. The Labute approximate surface area is 260 Å². The number of hydrogen-bond donors (Lipinski definition) is 2. The third-order valence-corrected chi connectivity index (χ3v) is 7.66. The summed E-state index contributed by atoms with van der Waals surface area (Å²) in [4.78, 5) is 44.0. The smallest absolute Gasteiger partial charge is 0.408 e. The summed E-state index contributed by atoms with van der Waals surface area (Å²) in [6.45, 7) is 23.6. The molecule has 0 aliphatic rings. The molecule has 3 amide bonds. The van der Waals surface area contributed by atoms with E-state index in [-0.39, 0.29) is 23.8 Å². The normalized spacial score (nSPS) is 13.8. The van der Waals surface area contributed by atoms with Crippen molar-refractivity contribution in [1.29, 1.82) is 0 Å². The van der Waals surface area contributed by atoms with Gasteiger partial charge in [0.2, 0.25) is 5.91 Å². The molecule has 0 aromatic heterocycles. The molecule has 0 spiro atoms. The topological polar surface area (TPSA) is 87.7 Å². The number of alkyl carbamates (subject to hydrolysis) is 1. The minimum atomic E-state index is -0.912. The van der Waals surface area contributed by atoms with Crippen LogP contribution in [0.1, 0.15) is 109 Å². The molecule has 0 aliphatic heterocycles. The molecule has 7 heteroatoms. The van der Waals surface area contributed by atoms with E-state index in [9.17, 15) is 14.4 Å². The summed E-state index contributed by atoms with van der Waals surface area (Å²) in [6, 6.07) is 9.77. The highest BCUT2D eigenvalue weighted by molar-refractivity contribution is 6.00. The van der Waals surface area contributed by atoms with Gasteiger partial charge >= 0.3 is 6.09 Å². The van der Waals surface area contributed by atoms with Crippen molar-refractivity contribution in [3.8, 4) is 0 Å². The molecule has 0 fully saturated rings. The Bertz CT molecular complexity index is 1220. The largest absolute Gasteiger partial charge is 0.444 e. The number of carbonyl (C=O) groups is 3. The summed E-state index contributed by atoms with van der Waals surface area (Å²) in [5.74, 6) is -0.0353. The average molecular weight is 594 g/mol. The van der Waals surface area contributed by atoms with Gasteiger partial charge in [0.15, 0.2) is 0 Å². The first-order valence-electron chi connectivity index (χ1n) is 15.7. The first-order chi connectivity index (χ1) is 19.9. The zero-order valence-corrected chi connectivity index (χ0v) is 28.6. The van der Waals surface area contributed by atoms with Gasteiger partial charge < -0.3 is 20.3 Å². The maximum atomic E-state index is 14.8. The van der Waals surface area contributed by atoms with Crippen LogP contribution in [0.3, 0.4) is 0 Å². The van der Waals surface area contributed by atoms with Crippen molar-refractivity contribution < 1.29 is 19.1 Å². The zero-order valence-electron chi connectivity index (χ0n) is 28.6. The van der Waals surface area contributed by atoms with Gasteiger partial charge in [-0.1, -0.05) is 64.1 Å². The highest BCUT2D eigenvalue weighted by Crippen LogP contribution is 2.34. The number of nitrogens with one attached hydrogen (secondary N) is 2. The Morgan fingerprint density at radius 2 is 1.30 bits per heavy atom. The van der Waals surface area contributed by atoms with Gasteiger partial charge in [0, 0.05) is 11.7 Å². The van der Waals surface area contributed by atoms with E-state index in [1.807, 2.05) is 84.9 Å². The molecule has 0 saturated carbocycles. The van der Waals surface area contributed by atoms with E-state index in [1.165, 1.54) is 0 Å². The van der Waals surface area contributed by atoms with Gasteiger partial charge in [0.1, 0.15) is 17.7 Å². The Hall–Kier alpha value is -3.35. The highest BCUT2D eigenvalue weighted by atomic mass is 16.6. The molecule has 3 unspecified atom stereocenters. The molecule has 0 bridgehead atoms. The molecule has 3 atom stereocenters. The van der Waals surface area contributed by atoms with E-state index in [0.717, 1.165) is 39.9 Å². The molecule has 2 aromatic rings. The van der Waals surface area contributed by atoms with Crippen LogP contribution in [0.4, 0.5) is 10.5 Å². The first kappa shape index (κ1) is 35.8. The fourth-order valence-corrected chi connectivity index (χ4v) is 5.49. The van der Waals surface area contributed by atoms with Crippen LogP contribution < -0.4 is 10.6 Å². The molecule has 0 aliphatic carbocycles. The minimum absolute atomic E-state index is 0.110. The van der Waals surface area contributed by atoms with Gasteiger partial charge in [-0.2, -0.15) is 0 Å². The number of para-hydroxylation sites is 1. The summed E-state index contributed by atoms with van der Waals surface area (Å²) in [5, 5.41) is 6.06. The second-order valence-corrected chi connectivity index (χ2v) is 13.9. The lowest BCUT2D eigenvalue weighted by molar-refractivity contribution is -0.144. The van der Waals surface area contributed by atoms with Crippen molar-refractivity contribution in [3.63, 3.8) is 0 Å². The molecular weight excluding hydrogens is 538 g/mol. The predicted molar refractivity (Wildman–Crippen MR) is 176 cm³/mol. The van der Waals surface area contributed by atoms with Crippen LogP contribution >= 0.6 is 0 Å². The van der Waals surface area contributed by atoms with Crippen molar-refractivity contribution in [2.45, 2.75) is 126 Å².